The molecule has 0 radical (unpaired) electrons. The van der Waals surface area contributed by atoms with E-state index in [0.29, 0.717) is 0 Å². The third-order valence-corrected chi connectivity index (χ3v) is 3.74. The van der Waals surface area contributed by atoms with Gasteiger partial charge in [0.2, 0.25) is 8.96 Å². The van der Waals surface area contributed by atoms with Gasteiger partial charge in [0.1, 0.15) is 0 Å². The number of nitrogens with zero attached hydrogens (tertiary/aromatic N) is 1. The fourth-order valence-electron chi connectivity index (χ4n) is 1.60. The Morgan fingerprint density at radius 2 is 1.88 bits per heavy atom. The lowest BCUT2D eigenvalue weighted by Gasteiger charge is -2.14. The third-order valence-electron chi connectivity index (χ3n) is 2.45. The summed E-state index contributed by atoms with van der Waals surface area (Å²) in [4.78, 5) is 0. The van der Waals surface area contributed by atoms with Crippen molar-refractivity contribution in [3.8, 4) is 0 Å². The van der Waals surface area contributed by atoms with Crippen LogP contribution < -0.4 is 5.84 Å². The molecule has 0 amide bonds. The molecule has 90 valence electrons. The van der Waals surface area contributed by atoms with E-state index in [-0.39, 0.29) is 6.54 Å². The second-order valence-corrected chi connectivity index (χ2v) is 6.37. The largest absolute Gasteiger partial charge is 0.293 e. The molecule has 0 aliphatic carbocycles. The summed E-state index contributed by atoms with van der Waals surface area (Å²) in [6.45, 7) is 0.143. The van der Waals surface area contributed by atoms with Gasteiger partial charge in [-0.3, -0.25) is 10.4 Å². The van der Waals surface area contributed by atoms with Gasteiger partial charge in [-0.1, -0.05) is 36.4 Å². The zero-order valence-electron chi connectivity index (χ0n) is 8.95. The number of hydrogen-bond acceptors (Lipinski definition) is 3. The highest BCUT2D eigenvalue weighted by molar-refractivity contribution is 8.28. The second-order valence-electron chi connectivity index (χ2n) is 3.70. The Bertz CT molecular complexity index is 641. The molecule has 0 aromatic heterocycles. The molecule has 0 fully saturated rings. The first-order valence-corrected chi connectivity index (χ1v) is 7.34. The van der Waals surface area contributed by atoms with E-state index in [1.54, 1.807) is 0 Å². The smallest absolute Gasteiger partial charge is 0.223 e. The lowest BCUT2D eigenvalue weighted by atomic mass is 10.1. The van der Waals surface area contributed by atoms with Crippen LogP contribution in [0, 0.1) is 0 Å². The summed E-state index contributed by atoms with van der Waals surface area (Å²) in [6.07, 6.45) is 0. The van der Waals surface area contributed by atoms with E-state index in [4.69, 9.17) is 10.4 Å². The average molecular weight is 268 g/mol. The molecule has 0 aliphatic heterocycles. The van der Waals surface area contributed by atoms with Crippen LogP contribution in [0.15, 0.2) is 42.5 Å². The van der Waals surface area contributed by atoms with Crippen LogP contribution in [-0.4, -0.2) is 13.2 Å². The normalized spacial score (nSPS) is 15.0. The van der Waals surface area contributed by atoms with Gasteiger partial charge in [0, 0.05) is 11.2 Å². The molecule has 6 heteroatoms. The molecule has 0 saturated carbocycles. The van der Waals surface area contributed by atoms with Crippen molar-refractivity contribution in [1.82, 2.24) is 4.41 Å². The molecule has 0 spiro atoms. The monoisotopic (exact) mass is 268 g/mol. The van der Waals surface area contributed by atoms with Crippen molar-refractivity contribution in [3.05, 3.63) is 48.0 Å². The third kappa shape index (κ3) is 2.99. The minimum Gasteiger partial charge on any atom is -0.293 e. The zero-order chi connectivity index (χ0) is 12.5. The van der Waals surface area contributed by atoms with Crippen molar-refractivity contribution in [2.45, 2.75) is 6.54 Å². The standard InChI is InChI=1S/C11H12N2O2S2/c12-13(17(14,15)16)8-9-5-6-10-3-1-2-4-11(10)7-9/h1-7H,8,12H2,(H,14,15,16). The van der Waals surface area contributed by atoms with Crippen LogP contribution in [0.4, 0.5) is 0 Å². The Hall–Kier alpha value is -1.05. The average Bonchev–Trinajstić information content (AvgIpc) is 2.27. The van der Waals surface area contributed by atoms with Gasteiger partial charge in [-0.05, 0) is 22.4 Å². The molecule has 4 nitrogen and oxygen atoms in total. The maximum atomic E-state index is 11.1. The van der Waals surface area contributed by atoms with Gasteiger partial charge < -0.3 is 0 Å². The van der Waals surface area contributed by atoms with E-state index in [2.05, 4.69) is 11.2 Å². The summed E-state index contributed by atoms with van der Waals surface area (Å²) in [7, 11) is -3.51. The van der Waals surface area contributed by atoms with Gasteiger partial charge in [0.15, 0.2) is 0 Å². The maximum Gasteiger partial charge on any atom is 0.223 e. The highest BCUT2D eigenvalue weighted by Crippen LogP contribution is 2.16. The SMILES string of the molecule is NN(Cc1ccc2ccccc2c1)S(=O)(O)=S. The lowest BCUT2D eigenvalue weighted by Crippen LogP contribution is -2.35. The highest BCUT2D eigenvalue weighted by atomic mass is 32.8. The van der Waals surface area contributed by atoms with Crippen molar-refractivity contribution >= 4 is 30.9 Å². The molecule has 0 aliphatic rings. The molecule has 1 unspecified atom stereocenters. The van der Waals surface area contributed by atoms with Crippen LogP contribution in [0.5, 0.6) is 0 Å². The van der Waals surface area contributed by atoms with Gasteiger partial charge in [-0.2, -0.15) is 0 Å². The van der Waals surface area contributed by atoms with Gasteiger partial charge in [-0.25, -0.2) is 4.21 Å². The van der Waals surface area contributed by atoms with E-state index in [9.17, 15) is 4.21 Å². The Balaban J connectivity index is 2.31. The fraction of sp³-hybridized carbons (Fsp3) is 0.0909. The summed E-state index contributed by atoms with van der Waals surface area (Å²) in [5, 5.41) is 2.18. The Kier molecular flexibility index (Phi) is 3.41. The Morgan fingerprint density at radius 1 is 1.24 bits per heavy atom. The van der Waals surface area contributed by atoms with Crippen molar-refractivity contribution in [2.75, 3.05) is 0 Å². The van der Waals surface area contributed by atoms with Crippen molar-refractivity contribution in [1.29, 1.82) is 0 Å². The van der Waals surface area contributed by atoms with Crippen molar-refractivity contribution in [2.24, 2.45) is 5.84 Å². The van der Waals surface area contributed by atoms with Crippen LogP contribution in [0.3, 0.4) is 0 Å². The molecule has 2 aromatic carbocycles. The van der Waals surface area contributed by atoms with Gasteiger partial charge in [0.25, 0.3) is 0 Å². The summed E-state index contributed by atoms with van der Waals surface area (Å²) in [6, 6.07) is 13.6. The van der Waals surface area contributed by atoms with Crippen LogP contribution in [0.25, 0.3) is 10.8 Å². The second kappa shape index (κ2) is 4.67. The fourth-order valence-corrected chi connectivity index (χ4v) is 2.07. The zero-order valence-corrected chi connectivity index (χ0v) is 10.6. The van der Waals surface area contributed by atoms with Crippen LogP contribution in [0.1, 0.15) is 5.56 Å². The number of rotatable bonds is 3. The van der Waals surface area contributed by atoms with E-state index < -0.39 is 8.96 Å². The summed E-state index contributed by atoms with van der Waals surface area (Å²) < 4.78 is 21.0. The summed E-state index contributed by atoms with van der Waals surface area (Å²) in [5.41, 5.74) is 0.845. The predicted octanol–water partition coefficient (Wildman–Crippen LogP) is 1.65. The number of benzene rings is 2. The first-order chi connectivity index (χ1) is 7.97. The van der Waals surface area contributed by atoms with Gasteiger partial charge in [-0.15, -0.1) is 4.41 Å². The first-order valence-electron chi connectivity index (χ1n) is 4.94. The molecule has 3 N–H and O–H groups in total. The molecule has 0 heterocycles. The number of fused-ring (bicyclic) bond motifs is 1. The molecule has 2 aromatic rings. The van der Waals surface area contributed by atoms with Crippen molar-refractivity contribution in [3.63, 3.8) is 0 Å². The van der Waals surface area contributed by atoms with Crippen LogP contribution in [-0.2, 0) is 26.7 Å². The highest BCUT2D eigenvalue weighted by Gasteiger charge is 2.10. The quantitative estimate of drug-likeness (QED) is 0.656. The molecule has 1 atom stereocenters. The summed E-state index contributed by atoms with van der Waals surface area (Å²) >= 11 is 4.39. The molecular weight excluding hydrogens is 256 g/mol. The van der Waals surface area contributed by atoms with Crippen LogP contribution in [0.2, 0.25) is 0 Å². The molecule has 2 rings (SSSR count). The van der Waals surface area contributed by atoms with Crippen molar-refractivity contribution < 1.29 is 8.76 Å². The topological polar surface area (TPSA) is 66.6 Å². The number of nitrogens with two attached hydrogens (primary N) is 1. The Labute approximate surface area is 105 Å². The predicted molar refractivity (Wildman–Crippen MR) is 71.8 cm³/mol. The number of hydrazine groups is 1. The van der Waals surface area contributed by atoms with Crippen LogP contribution >= 0.6 is 0 Å². The summed E-state index contributed by atoms with van der Waals surface area (Å²) in [5.74, 6) is 5.43. The van der Waals surface area contributed by atoms with E-state index in [1.165, 1.54) is 0 Å². The van der Waals surface area contributed by atoms with Gasteiger partial charge in [0.05, 0.1) is 6.54 Å². The minimum absolute atomic E-state index is 0.143. The minimum atomic E-state index is -3.51. The van der Waals surface area contributed by atoms with E-state index in [1.807, 2.05) is 42.5 Å². The molecule has 17 heavy (non-hydrogen) atoms. The number of hydrogen-bond donors (Lipinski definition) is 2. The Morgan fingerprint density at radius 3 is 2.53 bits per heavy atom. The lowest BCUT2D eigenvalue weighted by molar-refractivity contribution is 0.402. The molecule has 0 bridgehead atoms. The van der Waals surface area contributed by atoms with Gasteiger partial charge >= 0.3 is 0 Å². The maximum absolute atomic E-state index is 11.1. The van der Waals surface area contributed by atoms with E-state index >= 15 is 0 Å². The molecule has 0 saturated heterocycles. The first kappa shape index (κ1) is 12.4. The molecular formula is C11H12N2O2S2. The van der Waals surface area contributed by atoms with E-state index in [0.717, 1.165) is 20.8 Å².